The van der Waals surface area contributed by atoms with Crippen molar-refractivity contribution in [3.63, 3.8) is 0 Å². The number of aryl methyl sites for hydroxylation is 1. The first kappa shape index (κ1) is 19.6. The Labute approximate surface area is 164 Å². The summed E-state index contributed by atoms with van der Waals surface area (Å²) in [5.41, 5.74) is 1.43. The van der Waals surface area contributed by atoms with Crippen LogP contribution in [-0.4, -0.2) is 22.0 Å². The van der Waals surface area contributed by atoms with Crippen LogP contribution in [0.25, 0.3) is 10.9 Å². The van der Waals surface area contributed by atoms with Crippen LogP contribution < -0.4 is 15.6 Å². The largest absolute Gasteiger partial charge is 0.491 e. The molecule has 3 aromatic rings. The molecule has 0 aliphatic carbocycles. The highest BCUT2D eigenvalue weighted by Crippen LogP contribution is 2.20. The van der Waals surface area contributed by atoms with Crippen molar-refractivity contribution in [2.75, 3.05) is 0 Å². The maximum atomic E-state index is 12.3. The SMILES string of the molecule is CC(C)Oc1cccc([C@H](C)NC(=O)CCc2nc3ccccc3c(=O)[nH]2)c1. The number of aromatic nitrogens is 2. The number of hydrogen-bond donors (Lipinski definition) is 2. The number of fused-ring (bicyclic) bond motifs is 1. The Hall–Kier alpha value is -3.15. The zero-order valence-electron chi connectivity index (χ0n) is 16.4. The summed E-state index contributed by atoms with van der Waals surface area (Å²) >= 11 is 0. The summed E-state index contributed by atoms with van der Waals surface area (Å²) in [6.45, 7) is 5.88. The topological polar surface area (TPSA) is 84.1 Å². The Morgan fingerprint density at radius 3 is 2.71 bits per heavy atom. The van der Waals surface area contributed by atoms with Crippen LogP contribution in [0.4, 0.5) is 0 Å². The van der Waals surface area contributed by atoms with Gasteiger partial charge < -0.3 is 15.0 Å². The number of benzene rings is 2. The summed E-state index contributed by atoms with van der Waals surface area (Å²) in [7, 11) is 0. The van der Waals surface area contributed by atoms with Crippen molar-refractivity contribution in [2.24, 2.45) is 0 Å². The molecule has 1 amide bonds. The predicted molar refractivity (Wildman–Crippen MR) is 109 cm³/mol. The van der Waals surface area contributed by atoms with Crippen molar-refractivity contribution in [1.29, 1.82) is 0 Å². The predicted octanol–water partition coefficient (Wildman–Crippen LogP) is 3.52. The van der Waals surface area contributed by atoms with E-state index in [0.29, 0.717) is 23.1 Å². The molecule has 0 bridgehead atoms. The molecular weight excluding hydrogens is 354 g/mol. The van der Waals surface area contributed by atoms with Gasteiger partial charge in [0.15, 0.2) is 0 Å². The van der Waals surface area contributed by atoms with Gasteiger partial charge in [0.25, 0.3) is 5.56 Å². The number of nitrogens with zero attached hydrogens (tertiary/aromatic N) is 1. The third kappa shape index (κ3) is 4.97. The number of carbonyl (C=O) groups is 1. The average molecular weight is 379 g/mol. The lowest BCUT2D eigenvalue weighted by molar-refractivity contribution is -0.121. The maximum absolute atomic E-state index is 12.3. The lowest BCUT2D eigenvalue weighted by Crippen LogP contribution is -2.27. The first-order chi connectivity index (χ1) is 13.4. The van der Waals surface area contributed by atoms with E-state index < -0.39 is 0 Å². The number of amides is 1. The number of nitrogens with one attached hydrogen (secondary N) is 2. The van der Waals surface area contributed by atoms with E-state index in [2.05, 4.69) is 15.3 Å². The van der Waals surface area contributed by atoms with E-state index in [1.807, 2.05) is 51.1 Å². The fraction of sp³-hybridized carbons (Fsp3) is 0.318. The monoisotopic (exact) mass is 379 g/mol. The second-order valence-corrected chi connectivity index (χ2v) is 7.06. The summed E-state index contributed by atoms with van der Waals surface area (Å²) in [6, 6.07) is 14.7. The van der Waals surface area contributed by atoms with Crippen molar-refractivity contribution < 1.29 is 9.53 Å². The quantitative estimate of drug-likeness (QED) is 0.658. The standard InChI is InChI=1S/C22H25N3O3/c1-14(2)28-17-8-6-7-16(13-17)15(3)23-21(26)12-11-20-24-19-10-5-4-9-18(19)22(27)25-20/h4-10,13-15H,11-12H2,1-3H3,(H,23,26)(H,24,25,27)/t15-/m0/s1. The van der Waals surface area contributed by atoms with Crippen molar-refractivity contribution in [3.8, 4) is 5.75 Å². The Morgan fingerprint density at radius 2 is 1.93 bits per heavy atom. The Balaban J connectivity index is 1.60. The molecule has 1 heterocycles. The van der Waals surface area contributed by atoms with Gasteiger partial charge in [-0.15, -0.1) is 0 Å². The van der Waals surface area contributed by atoms with Crippen LogP contribution in [0.2, 0.25) is 0 Å². The molecule has 146 valence electrons. The molecule has 6 heteroatoms. The average Bonchev–Trinajstić information content (AvgIpc) is 2.66. The van der Waals surface area contributed by atoms with Gasteiger partial charge in [-0.1, -0.05) is 24.3 Å². The normalized spacial score (nSPS) is 12.1. The van der Waals surface area contributed by atoms with Gasteiger partial charge in [-0.2, -0.15) is 0 Å². The second kappa shape index (κ2) is 8.69. The molecule has 0 fully saturated rings. The molecule has 0 aliphatic heterocycles. The smallest absolute Gasteiger partial charge is 0.258 e. The minimum absolute atomic E-state index is 0.0942. The van der Waals surface area contributed by atoms with Crippen LogP contribution >= 0.6 is 0 Å². The van der Waals surface area contributed by atoms with Crippen LogP contribution in [0.15, 0.2) is 53.3 Å². The molecule has 0 unspecified atom stereocenters. The molecule has 2 N–H and O–H groups in total. The highest BCUT2D eigenvalue weighted by Gasteiger charge is 2.12. The second-order valence-electron chi connectivity index (χ2n) is 7.06. The van der Waals surface area contributed by atoms with E-state index in [9.17, 15) is 9.59 Å². The lowest BCUT2D eigenvalue weighted by atomic mass is 10.1. The van der Waals surface area contributed by atoms with Crippen LogP contribution in [0.5, 0.6) is 5.75 Å². The van der Waals surface area contributed by atoms with E-state index in [0.717, 1.165) is 11.3 Å². The van der Waals surface area contributed by atoms with Crippen LogP contribution in [0.1, 0.15) is 44.6 Å². The van der Waals surface area contributed by atoms with Crippen molar-refractivity contribution >= 4 is 16.8 Å². The van der Waals surface area contributed by atoms with Gasteiger partial charge in [0, 0.05) is 12.8 Å². The molecule has 1 atom stereocenters. The van der Waals surface area contributed by atoms with Gasteiger partial charge in [0.1, 0.15) is 11.6 Å². The Bertz CT molecular complexity index is 1030. The third-order valence-electron chi connectivity index (χ3n) is 4.36. The van der Waals surface area contributed by atoms with E-state index in [-0.39, 0.29) is 30.0 Å². The van der Waals surface area contributed by atoms with Crippen LogP contribution in [0.3, 0.4) is 0 Å². The van der Waals surface area contributed by atoms with Gasteiger partial charge >= 0.3 is 0 Å². The fourth-order valence-corrected chi connectivity index (χ4v) is 3.01. The molecular formula is C22H25N3O3. The van der Waals surface area contributed by atoms with E-state index >= 15 is 0 Å². The summed E-state index contributed by atoms with van der Waals surface area (Å²) in [5.74, 6) is 1.20. The highest BCUT2D eigenvalue weighted by molar-refractivity contribution is 5.78. The number of rotatable bonds is 7. The van der Waals surface area contributed by atoms with E-state index in [1.54, 1.807) is 18.2 Å². The number of para-hydroxylation sites is 1. The Morgan fingerprint density at radius 1 is 1.14 bits per heavy atom. The lowest BCUT2D eigenvalue weighted by Gasteiger charge is -2.16. The molecule has 0 saturated heterocycles. The summed E-state index contributed by atoms with van der Waals surface area (Å²) in [5, 5.41) is 3.53. The summed E-state index contributed by atoms with van der Waals surface area (Å²) in [4.78, 5) is 31.6. The molecule has 28 heavy (non-hydrogen) atoms. The number of ether oxygens (including phenoxy) is 1. The Kier molecular flexibility index (Phi) is 6.09. The number of hydrogen-bond acceptors (Lipinski definition) is 4. The minimum Gasteiger partial charge on any atom is -0.491 e. The molecule has 0 saturated carbocycles. The van der Waals surface area contributed by atoms with Gasteiger partial charge in [0.2, 0.25) is 5.91 Å². The molecule has 0 spiro atoms. The highest BCUT2D eigenvalue weighted by atomic mass is 16.5. The number of carbonyl (C=O) groups excluding carboxylic acids is 1. The minimum atomic E-state index is -0.184. The van der Waals surface area contributed by atoms with Crippen LogP contribution in [-0.2, 0) is 11.2 Å². The van der Waals surface area contributed by atoms with Gasteiger partial charge in [0.05, 0.1) is 23.0 Å². The van der Waals surface area contributed by atoms with Gasteiger partial charge in [-0.25, -0.2) is 4.98 Å². The van der Waals surface area contributed by atoms with Crippen LogP contribution in [0, 0.1) is 0 Å². The van der Waals surface area contributed by atoms with E-state index in [1.165, 1.54) is 0 Å². The molecule has 1 aromatic heterocycles. The van der Waals surface area contributed by atoms with Crippen molar-refractivity contribution in [2.45, 2.75) is 45.8 Å². The molecule has 0 radical (unpaired) electrons. The van der Waals surface area contributed by atoms with Gasteiger partial charge in [-0.05, 0) is 50.6 Å². The third-order valence-corrected chi connectivity index (χ3v) is 4.36. The summed E-state index contributed by atoms with van der Waals surface area (Å²) < 4.78 is 5.71. The number of H-pyrrole nitrogens is 1. The van der Waals surface area contributed by atoms with Crippen molar-refractivity contribution in [1.82, 2.24) is 15.3 Å². The fourth-order valence-electron chi connectivity index (χ4n) is 3.01. The molecule has 3 rings (SSSR count). The number of aromatic amines is 1. The molecule has 6 nitrogen and oxygen atoms in total. The zero-order chi connectivity index (χ0) is 20.1. The first-order valence-corrected chi connectivity index (χ1v) is 9.46. The van der Waals surface area contributed by atoms with E-state index in [4.69, 9.17) is 4.74 Å². The maximum Gasteiger partial charge on any atom is 0.258 e. The van der Waals surface area contributed by atoms with Crippen molar-refractivity contribution in [3.05, 3.63) is 70.3 Å². The molecule has 0 aliphatic rings. The first-order valence-electron chi connectivity index (χ1n) is 9.46. The molecule has 2 aromatic carbocycles. The van der Waals surface area contributed by atoms with Gasteiger partial charge in [-0.3, -0.25) is 9.59 Å². The summed E-state index contributed by atoms with van der Waals surface area (Å²) in [6.07, 6.45) is 0.708. The zero-order valence-corrected chi connectivity index (χ0v) is 16.4.